The van der Waals surface area contributed by atoms with Gasteiger partial charge in [0.05, 0.1) is 6.61 Å². The zero-order valence-corrected chi connectivity index (χ0v) is 43.6. The Bertz CT molecular complexity index is 2100. The lowest BCUT2D eigenvalue weighted by Gasteiger charge is -2.40. The number of carbonyl (C=O) groups excluding carboxylic acids is 6. The van der Waals surface area contributed by atoms with E-state index in [-0.39, 0.29) is 63.8 Å². The Labute approximate surface area is 419 Å². The maximum absolute atomic E-state index is 14.5. The fourth-order valence-electron chi connectivity index (χ4n) is 8.30. The molecule has 0 saturated carbocycles. The zero-order valence-electron chi connectivity index (χ0n) is 43.6. The molecule has 2 aromatic rings. The molecule has 2 aliphatic heterocycles. The second-order valence-corrected chi connectivity index (χ2v) is 21.5. The molecule has 0 aliphatic carbocycles. The predicted molar refractivity (Wildman–Crippen MR) is 266 cm³/mol. The van der Waals surface area contributed by atoms with Gasteiger partial charge >= 0.3 is 18.2 Å². The highest BCUT2D eigenvalue weighted by molar-refractivity contribution is 5.95. The minimum Gasteiger partial charge on any atom is -0.480 e. The number of alkyl carbamates (subject to hydrolysis) is 2. The monoisotopic (exact) mass is 994 g/mol. The summed E-state index contributed by atoms with van der Waals surface area (Å²) in [5, 5.41) is 24.2. The average molecular weight is 994 g/mol. The summed E-state index contributed by atoms with van der Waals surface area (Å²) < 4.78 is 22.6. The number of hydrogen-bond acceptors (Lipinski definition) is 12. The van der Waals surface area contributed by atoms with Crippen LogP contribution in [0, 0.1) is 5.92 Å². The lowest BCUT2D eigenvalue weighted by molar-refractivity contribution is -0.157. The number of carboxylic acids is 1. The molecule has 71 heavy (non-hydrogen) atoms. The fraction of sp³-hybridized carbons (Fsp3) is 0.635. The summed E-state index contributed by atoms with van der Waals surface area (Å²) in [5.74, 6) is -4.46. The van der Waals surface area contributed by atoms with Gasteiger partial charge in [-0.3, -0.25) is 24.1 Å². The number of hydrogen-bond donors (Lipinski definition) is 6. The molecule has 0 radical (unpaired) electrons. The van der Waals surface area contributed by atoms with Gasteiger partial charge in [-0.05, 0) is 118 Å². The molecule has 2 saturated heterocycles. The summed E-state index contributed by atoms with van der Waals surface area (Å²) in [4.78, 5) is 99.7. The predicted octanol–water partition coefficient (Wildman–Crippen LogP) is 5.05. The van der Waals surface area contributed by atoms with Gasteiger partial charge in [-0.15, -0.1) is 0 Å². The van der Waals surface area contributed by atoms with E-state index in [1.54, 1.807) is 53.7 Å². The van der Waals surface area contributed by atoms with Gasteiger partial charge in [0.2, 0.25) is 23.6 Å². The van der Waals surface area contributed by atoms with Crippen molar-refractivity contribution < 1.29 is 57.6 Å². The standard InChI is InChI=1S/C52H79N7O12/c1-34(2)30-38(54-43(61)39(31-35-20-14-12-15-21-35)55-44(62)40(32-36-22-16-13-17-23-36)56-47(66)70-49(3,4)5)42(60)53-37(24-18-19-27-58(11)41-33-68-51(9,10)69-41)45(63)59-28-25-52(26-29-59,46(64)65)57-48(67)71-50(6,7)8/h12-17,20-23,34,37-41H,18-19,24-33H2,1-11H3,(H,53,60)(H,54,61)(H,55,62)(H,56,66)(H,57,67)(H,64,65)/t37-,38-,39-,40-,41-/m1/s1. The molecule has 4 rings (SSSR count). The van der Waals surface area contributed by atoms with E-state index in [2.05, 4.69) is 26.6 Å². The van der Waals surface area contributed by atoms with Crippen LogP contribution < -0.4 is 26.6 Å². The van der Waals surface area contributed by atoms with Crippen LogP contribution in [0.1, 0.15) is 119 Å². The van der Waals surface area contributed by atoms with Gasteiger partial charge < -0.3 is 55.5 Å². The Morgan fingerprint density at radius 2 is 1.20 bits per heavy atom. The number of unbranched alkanes of at least 4 members (excludes halogenated alkanes) is 1. The highest BCUT2D eigenvalue weighted by Crippen LogP contribution is 2.26. The van der Waals surface area contributed by atoms with Crippen LogP contribution in [0.4, 0.5) is 9.59 Å². The van der Waals surface area contributed by atoms with E-state index in [1.807, 2.05) is 88.2 Å². The molecule has 19 nitrogen and oxygen atoms in total. The Hall–Kier alpha value is -5.79. The number of amides is 6. The minimum absolute atomic E-state index is 0.0358. The molecule has 6 N–H and O–H groups in total. The van der Waals surface area contributed by atoms with Crippen LogP contribution in [0.3, 0.4) is 0 Å². The van der Waals surface area contributed by atoms with Gasteiger partial charge in [-0.25, -0.2) is 14.4 Å². The Kier molecular flexibility index (Phi) is 20.8. The van der Waals surface area contributed by atoms with Gasteiger partial charge in [0.15, 0.2) is 5.79 Å². The summed E-state index contributed by atoms with van der Waals surface area (Å²) in [5.41, 5.74) is -1.93. The summed E-state index contributed by atoms with van der Waals surface area (Å²) in [6.45, 7) is 18.5. The van der Waals surface area contributed by atoms with Crippen LogP contribution in [-0.4, -0.2) is 143 Å². The van der Waals surface area contributed by atoms with Crippen LogP contribution in [-0.2, 0) is 55.8 Å². The van der Waals surface area contributed by atoms with Crippen LogP contribution in [0.5, 0.6) is 0 Å². The Balaban J connectivity index is 1.57. The Morgan fingerprint density at radius 3 is 1.68 bits per heavy atom. The van der Waals surface area contributed by atoms with E-state index >= 15 is 0 Å². The molecule has 2 fully saturated rings. The van der Waals surface area contributed by atoms with E-state index in [0.29, 0.717) is 26.0 Å². The number of nitrogens with zero attached hydrogens (tertiary/aromatic N) is 2. The first kappa shape index (κ1) is 57.8. The molecule has 19 heteroatoms. The molecule has 2 aromatic carbocycles. The summed E-state index contributed by atoms with van der Waals surface area (Å²) in [7, 11) is 1.92. The Morgan fingerprint density at radius 1 is 0.718 bits per heavy atom. The molecular weight excluding hydrogens is 915 g/mol. The normalized spacial score (nSPS) is 18.3. The largest absolute Gasteiger partial charge is 0.480 e. The van der Waals surface area contributed by atoms with Crippen molar-refractivity contribution in [3.63, 3.8) is 0 Å². The second kappa shape index (κ2) is 25.5. The van der Waals surface area contributed by atoms with Crippen molar-refractivity contribution in [2.24, 2.45) is 5.92 Å². The quantitative estimate of drug-likeness (QED) is 0.0848. The number of likely N-dealkylation sites (tertiary alicyclic amines) is 1. The number of likely N-dealkylation sites (N-methyl/N-ethyl adjacent to an activating group) is 1. The van der Waals surface area contributed by atoms with Crippen molar-refractivity contribution in [1.29, 1.82) is 0 Å². The number of rotatable bonds is 22. The first-order valence-electron chi connectivity index (χ1n) is 24.7. The number of ether oxygens (including phenoxy) is 4. The van der Waals surface area contributed by atoms with Crippen LogP contribution in [0.2, 0.25) is 0 Å². The van der Waals surface area contributed by atoms with E-state index in [9.17, 15) is 38.7 Å². The highest BCUT2D eigenvalue weighted by atomic mass is 16.8. The topological polar surface area (TPSA) is 243 Å². The van der Waals surface area contributed by atoms with Gasteiger partial charge in [0, 0.05) is 32.5 Å². The van der Waals surface area contributed by atoms with Crippen molar-refractivity contribution >= 4 is 41.8 Å². The van der Waals surface area contributed by atoms with Crippen molar-refractivity contribution in [3.05, 3.63) is 71.8 Å². The molecule has 0 unspecified atom stereocenters. The second-order valence-electron chi connectivity index (χ2n) is 21.5. The molecular formula is C52H79N7O12. The number of carboxylic acid groups (broad SMARTS) is 1. The molecule has 0 bridgehead atoms. The fourth-order valence-corrected chi connectivity index (χ4v) is 8.30. The molecule has 394 valence electrons. The molecule has 0 spiro atoms. The third kappa shape index (κ3) is 19.4. The smallest absolute Gasteiger partial charge is 0.408 e. The van der Waals surface area contributed by atoms with Crippen molar-refractivity contribution in [3.8, 4) is 0 Å². The number of nitrogens with one attached hydrogen (secondary N) is 5. The maximum Gasteiger partial charge on any atom is 0.408 e. The average Bonchev–Trinajstić information content (AvgIpc) is 3.65. The van der Waals surface area contributed by atoms with Gasteiger partial charge in [0.25, 0.3) is 0 Å². The third-order valence-electron chi connectivity index (χ3n) is 12.0. The van der Waals surface area contributed by atoms with E-state index in [0.717, 1.165) is 11.1 Å². The minimum atomic E-state index is -1.69. The number of piperidine rings is 1. The molecule has 0 aromatic heterocycles. The van der Waals surface area contributed by atoms with Crippen LogP contribution in [0.15, 0.2) is 60.7 Å². The van der Waals surface area contributed by atoms with E-state index in [1.165, 1.54) is 4.90 Å². The van der Waals surface area contributed by atoms with Crippen molar-refractivity contribution in [1.82, 2.24) is 36.4 Å². The molecule has 2 aliphatic rings. The first-order chi connectivity index (χ1) is 33.1. The maximum atomic E-state index is 14.5. The van der Waals surface area contributed by atoms with E-state index < -0.39 is 88.5 Å². The van der Waals surface area contributed by atoms with Crippen LogP contribution in [0.25, 0.3) is 0 Å². The summed E-state index contributed by atoms with van der Waals surface area (Å²) in [6.07, 6.45) is -0.543. The summed E-state index contributed by atoms with van der Waals surface area (Å²) >= 11 is 0. The molecule has 2 heterocycles. The zero-order chi connectivity index (χ0) is 52.7. The van der Waals surface area contributed by atoms with Gasteiger partial charge in [-0.2, -0.15) is 0 Å². The SMILES string of the molecule is CC(C)C[C@@H](NC(=O)[C@@H](Cc1ccccc1)NC(=O)[C@@H](Cc1ccccc1)NC(=O)OC(C)(C)C)C(=O)N[C@H](CCCCN(C)[C@H]1COC(C)(C)O1)C(=O)N1CCC(NC(=O)OC(C)(C)C)(C(=O)O)CC1. The van der Waals surface area contributed by atoms with Crippen molar-refractivity contribution in [2.45, 2.75) is 174 Å². The number of aliphatic carboxylic acids is 1. The van der Waals surface area contributed by atoms with E-state index in [4.69, 9.17) is 18.9 Å². The number of benzene rings is 2. The third-order valence-corrected chi connectivity index (χ3v) is 12.0. The van der Waals surface area contributed by atoms with Crippen molar-refractivity contribution in [2.75, 3.05) is 33.3 Å². The number of carbonyl (C=O) groups is 7. The van der Waals surface area contributed by atoms with Crippen LogP contribution >= 0.6 is 0 Å². The highest BCUT2D eigenvalue weighted by Gasteiger charge is 2.46. The first-order valence-corrected chi connectivity index (χ1v) is 24.7. The lowest BCUT2D eigenvalue weighted by Crippen LogP contribution is -2.63. The van der Waals surface area contributed by atoms with Gasteiger partial charge in [-0.1, -0.05) is 74.5 Å². The van der Waals surface area contributed by atoms with Gasteiger partial charge in [0.1, 0.15) is 47.1 Å². The molecule has 5 atom stereocenters. The molecule has 6 amide bonds. The summed E-state index contributed by atoms with van der Waals surface area (Å²) in [6, 6.07) is 13.6. The lowest BCUT2D eigenvalue weighted by atomic mass is 9.87.